The standard InChI is InChI=1S/C16H14F6N4O/c1-3-8-4-9(7-23)10(15(17,18)19)5-11(8)24-13(27)14(2)6-12(25-26-14)16(20,21)22/h4-5,12H,3,6H2,1-2H3,(H,24,27). The van der Waals surface area contributed by atoms with Gasteiger partial charge in [0.15, 0.2) is 11.6 Å². The average molecular weight is 392 g/mol. The van der Waals surface area contributed by atoms with E-state index in [1.165, 1.54) is 6.07 Å². The molecule has 11 heteroatoms. The second-order valence-electron chi connectivity index (χ2n) is 6.22. The SMILES string of the molecule is CCc1cc(C#N)c(C(F)(F)F)cc1NC(=O)C1(C)CC(C(F)(F)F)N=N1. The molecular formula is C16H14F6N4O. The van der Waals surface area contributed by atoms with Crippen molar-refractivity contribution in [2.75, 3.05) is 5.32 Å². The molecule has 0 bridgehead atoms. The highest BCUT2D eigenvalue weighted by Crippen LogP contribution is 2.39. The highest BCUT2D eigenvalue weighted by molar-refractivity contribution is 5.99. The lowest BCUT2D eigenvalue weighted by atomic mass is 9.93. The highest BCUT2D eigenvalue weighted by atomic mass is 19.4. The third-order valence-electron chi connectivity index (χ3n) is 4.17. The van der Waals surface area contributed by atoms with Crippen molar-refractivity contribution in [3.05, 3.63) is 28.8 Å². The Hall–Kier alpha value is -2.64. The van der Waals surface area contributed by atoms with Gasteiger partial charge in [-0.1, -0.05) is 6.92 Å². The van der Waals surface area contributed by atoms with Gasteiger partial charge in [-0.05, 0) is 31.0 Å². The van der Waals surface area contributed by atoms with Crippen molar-refractivity contribution in [3.63, 3.8) is 0 Å². The minimum absolute atomic E-state index is 0.186. The number of rotatable bonds is 3. The lowest BCUT2D eigenvalue weighted by molar-refractivity contribution is -0.148. The summed E-state index contributed by atoms with van der Waals surface area (Å²) in [5.41, 5.74) is -3.72. The van der Waals surface area contributed by atoms with Crippen molar-refractivity contribution in [3.8, 4) is 6.07 Å². The zero-order chi connectivity index (χ0) is 20.6. The maximum Gasteiger partial charge on any atom is 0.417 e. The predicted molar refractivity (Wildman–Crippen MR) is 81.9 cm³/mol. The monoisotopic (exact) mass is 392 g/mol. The van der Waals surface area contributed by atoms with Gasteiger partial charge in [-0.15, -0.1) is 0 Å². The molecule has 0 radical (unpaired) electrons. The van der Waals surface area contributed by atoms with Crippen LogP contribution in [0, 0.1) is 11.3 Å². The number of hydrogen-bond acceptors (Lipinski definition) is 4. The first kappa shape index (κ1) is 20.7. The molecule has 2 atom stereocenters. The van der Waals surface area contributed by atoms with Gasteiger partial charge in [0.2, 0.25) is 0 Å². The summed E-state index contributed by atoms with van der Waals surface area (Å²) in [5, 5.41) is 17.6. The van der Waals surface area contributed by atoms with Gasteiger partial charge in [0.1, 0.15) is 0 Å². The molecule has 0 spiro atoms. The molecule has 1 aromatic rings. The number of carbonyl (C=O) groups excluding carboxylic acids is 1. The summed E-state index contributed by atoms with van der Waals surface area (Å²) >= 11 is 0. The van der Waals surface area contributed by atoms with Crippen molar-refractivity contribution in [2.24, 2.45) is 10.2 Å². The van der Waals surface area contributed by atoms with E-state index in [2.05, 4.69) is 15.5 Å². The van der Waals surface area contributed by atoms with E-state index in [1.54, 1.807) is 6.92 Å². The third kappa shape index (κ3) is 4.20. The number of azo groups is 1. The zero-order valence-corrected chi connectivity index (χ0v) is 14.2. The van der Waals surface area contributed by atoms with Crippen molar-refractivity contribution in [2.45, 2.75) is 50.6 Å². The van der Waals surface area contributed by atoms with Crippen LogP contribution in [0.2, 0.25) is 0 Å². The largest absolute Gasteiger partial charge is 0.417 e. The van der Waals surface area contributed by atoms with E-state index in [-0.39, 0.29) is 17.7 Å². The number of carbonyl (C=O) groups is 1. The van der Waals surface area contributed by atoms with Gasteiger partial charge in [-0.25, -0.2) is 0 Å². The molecule has 5 nitrogen and oxygen atoms in total. The molecule has 2 unspecified atom stereocenters. The van der Waals surface area contributed by atoms with Crippen molar-refractivity contribution < 1.29 is 31.1 Å². The van der Waals surface area contributed by atoms with Gasteiger partial charge in [0.05, 0.1) is 17.2 Å². The molecule has 0 saturated heterocycles. The van der Waals surface area contributed by atoms with E-state index in [1.807, 2.05) is 0 Å². The molecule has 0 saturated carbocycles. The normalized spacial score (nSPS) is 22.6. The van der Waals surface area contributed by atoms with Crippen LogP contribution in [0.5, 0.6) is 0 Å². The summed E-state index contributed by atoms with van der Waals surface area (Å²) in [5.74, 6) is -1.01. The Morgan fingerprint density at radius 3 is 2.41 bits per heavy atom. The number of amides is 1. The maximum absolute atomic E-state index is 13.1. The highest BCUT2D eigenvalue weighted by Gasteiger charge is 2.51. The minimum atomic E-state index is -4.84. The summed E-state index contributed by atoms with van der Waals surface area (Å²) in [6.45, 7) is 2.72. The predicted octanol–water partition coefficient (Wildman–Crippen LogP) is 4.62. The first-order chi connectivity index (χ1) is 12.3. The topological polar surface area (TPSA) is 77.6 Å². The summed E-state index contributed by atoms with van der Waals surface area (Å²) in [4.78, 5) is 12.4. The summed E-state index contributed by atoms with van der Waals surface area (Å²) in [6.07, 6.45) is -10.1. The molecule has 1 amide bonds. The van der Waals surface area contributed by atoms with E-state index in [4.69, 9.17) is 5.26 Å². The van der Waals surface area contributed by atoms with E-state index in [0.29, 0.717) is 6.07 Å². The van der Waals surface area contributed by atoms with Crippen molar-refractivity contribution >= 4 is 11.6 Å². The molecule has 0 aromatic heterocycles. The Labute approximate surface area is 150 Å². The molecule has 27 heavy (non-hydrogen) atoms. The molecule has 1 N–H and O–H groups in total. The first-order valence-electron chi connectivity index (χ1n) is 7.76. The van der Waals surface area contributed by atoms with Crippen LogP contribution in [-0.2, 0) is 17.4 Å². The molecule has 2 rings (SSSR count). The average Bonchev–Trinajstić information content (AvgIpc) is 2.97. The van der Waals surface area contributed by atoms with Crippen molar-refractivity contribution in [1.82, 2.24) is 0 Å². The number of anilines is 1. The number of nitrogens with zero attached hydrogens (tertiary/aromatic N) is 3. The Kier molecular flexibility index (Phi) is 5.23. The number of halogens is 6. The van der Waals surface area contributed by atoms with Crippen LogP contribution in [0.1, 0.15) is 37.0 Å². The lowest BCUT2D eigenvalue weighted by Crippen LogP contribution is -2.40. The quantitative estimate of drug-likeness (QED) is 0.762. The number of hydrogen-bond donors (Lipinski definition) is 1. The minimum Gasteiger partial charge on any atom is -0.324 e. The van der Waals surface area contributed by atoms with Crippen LogP contribution < -0.4 is 5.32 Å². The van der Waals surface area contributed by atoms with Gasteiger partial charge in [-0.3, -0.25) is 4.79 Å². The summed E-state index contributed by atoms with van der Waals surface area (Å²) in [6, 6.07) is 0.902. The van der Waals surface area contributed by atoms with Gasteiger partial charge >= 0.3 is 12.4 Å². The van der Waals surface area contributed by atoms with Crippen molar-refractivity contribution in [1.29, 1.82) is 5.26 Å². The van der Waals surface area contributed by atoms with Crippen LogP contribution in [0.4, 0.5) is 32.0 Å². The smallest absolute Gasteiger partial charge is 0.324 e. The Balaban J connectivity index is 2.36. The maximum atomic E-state index is 13.1. The molecular weight excluding hydrogens is 378 g/mol. The van der Waals surface area contributed by atoms with E-state index in [9.17, 15) is 31.1 Å². The molecule has 0 fully saturated rings. The zero-order valence-electron chi connectivity index (χ0n) is 14.2. The van der Waals surface area contributed by atoms with E-state index < -0.39 is 47.4 Å². The fourth-order valence-electron chi connectivity index (χ4n) is 2.61. The second-order valence-corrected chi connectivity index (χ2v) is 6.22. The fraction of sp³-hybridized carbons (Fsp3) is 0.500. The van der Waals surface area contributed by atoms with Crippen LogP contribution >= 0.6 is 0 Å². The van der Waals surface area contributed by atoms with Crippen LogP contribution in [0.25, 0.3) is 0 Å². The summed E-state index contributed by atoms with van der Waals surface area (Å²) in [7, 11) is 0. The Bertz CT molecular complexity index is 824. The third-order valence-corrected chi connectivity index (χ3v) is 4.17. The molecule has 0 aliphatic carbocycles. The van der Waals surface area contributed by atoms with E-state index in [0.717, 1.165) is 13.0 Å². The second kappa shape index (κ2) is 6.83. The molecule has 1 aliphatic rings. The number of alkyl halides is 6. The number of nitriles is 1. The van der Waals surface area contributed by atoms with Gasteiger partial charge < -0.3 is 5.32 Å². The molecule has 1 aromatic carbocycles. The molecule has 1 heterocycles. The van der Waals surface area contributed by atoms with Gasteiger partial charge in [-0.2, -0.15) is 41.8 Å². The lowest BCUT2D eigenvalue weighted by Gasteiger charge is -2.22. The van der Waals surface area contributed by atoms with Crippen LogP contribution in [-0.4, -0.2) is 23.7 Å². The first-order valence-corrected chi connectivity index (χ1v) is 7.76. The Morgan fingerprint density at radius 1 is 1.33 bits per heavy atom. The van der Waals surface area contributed by atoms with Gasteiger partial charge in [0, 0.05) is 12.1 Å². The number of benzene rings is 1. The molecule has 146 valence electrons. The van der Waals surface area contributed by atoms with E-state index >= 15 is 0 Å². The summed E-state index contributed by atoms with van der Waals surface area (Å²) < 4.78 is 77.6. The number of aryl methyl sites for hydroxylation is 1. The fourth-order valence-corrected chi connectivity index (χ4v) is 2.61. The van der Waals surface area contributed by atoms with Crippen LogP contribution in [0.15, 0.2) is 22.4 Å². The number of nitrogens with one attached hydrogen (secondary N) is 1. The van der Waals surface area contributed by atoms with Gasteiger partial charge in [0.25, 0.3) is 5.91 Å². The van der Waals surface area contributed by atoms with Crippen LogP contribution in [0.3, 0.4) is 0 Å². The molecule has 1 aliphatic heterocycles. The Morgan fingerprint density at radius 2 is 1.96 bits per heavy atom.